The lowest BCUT2D eigenvalue weighted by molar-refractivity contribution is 0.0938. The maximum atomic E-state index is 12.0. The van der Waals surface area contributed by atoms with E-state index < -0.39 is 0 Å². The van der Waals surface area contributed by atoms with Crippen molar-refractivity contribution in [2.45, 2.75) is 19.9 Å². The van der Waals surface area contributed by atoms with E-state index in [-0.39, 0.29) is 11.9 Å². The van der Waals surface area contributed by atoms with Gasteiger partial charge in [0.15, 0.2) is 0 Å². The fourth-order valence-electron chi connectivity index (χ4n) is 1.68. The molecular formula is C13H15N3O. The zero-order chi connectivity index (χ0) is 12.3. The Labute approximate surface area is 100 Å². The highest BCUT2D eigenvalue weighted by Gasteiger charge is 2.13. The monoisotopic (exact) mass is 229 g/mol. The van der Waals surface area contributed by atoms with Crippen molar-refractivity contribution in [2.75, 3.05) is 0 Å². The number of benzene rings is 1. The van der Waals surface area contributed by atoms with Crippen LogP contribution in [-0.4, -0.2) is 15.9 Å². The second kappa shape index (κ2) is 4.82. The number of imidazole rings is 1. The number of hydrogen-bond donors (Lipinski definition) is 2. The van der Waals surface area contributed by atoms with Gasteiger partial charge in [-0.1, -0.05) is 18.2 Å². The second-order valence-electron chi connectivity index (χ2n) is 3.98. The number of carbonyl (C=O) groups excluding carboxylic acids is 1. The lowest BCUT2D eigenvalue weighted by Gasteiger charge is -2.12. The van der Waals surface area contributed by atoms with Crippen LogP contribution in [0.1, 0.15) is 34.7 Å². The summed E-state index contributed by atoms with van der Waals surface area (Å²) in [5.41, 5.74) is 1.67. The van der Waals surface area contributed by atoms with Crippen LogP contribution in [0.2, 0.25) is 0 Å². The molecule has 0 aliphatic carbocycles. The molecule has 0 aliphatic heterocycles. The molecule has 17 heavy (non-hydrogen) atoms. The Morgan fingerprint density at radius 2 is 2.18 bits per heavy atom. The van der Waals surface area contributed by atoms with Gasteiger partial charge in [-0.05, 0) is 25.5 Å². The van der Waals surface area contributed by atoms with Gasteiger partial charge in [0.2, 0.25) is 0 Å². The first-order chi connectivity index (χ1) is 8.18. The summed E-state index contributed by atoms with van der Waals surface area (Å²) in [4.78, 5) is 19.1. The Kier molecular flexibility index (Phi) is 3.23. The van der Waals surface area contributed by atoms with Gasteiger partial charge in [0.1, 0.15) is 5.82 Å². The normalized spacial score (nSPS) is 12.1. The number of aromatic amines is 1. The summed E-state index contributed by atoms with van der Waals surface area (Å²) >= 11 is 0. The molecule has 1 aromatic heterocycles. The Morgan fingerprint density at radius 3 is 2.82 bits per heavy atom. The average Bonchev–Trinajstić information content (AvgIpc) is 2.82. The van der Waals surface area contributed by atoms with Crippen LogP contribution >= 0.6 is 0 Å². The van der Waals surface area contributed by atoms with Crippen molar-refractivity contribution in [1.29, 1.82) is 0 Å². The summed E-state index contributed by atoms with van der Waals surface area (Å²) < 4.78 is 0. The largest absolute Gasteiger partial charge is 0.347 e. The molecule has 0 fully saturated rings. The Morgan fingerprint density at radius 1 is 1.41 bits per heavy atom. The summed E-state index contributed by atoms with van der Waals surface area (Å²) in [6, 6.07) is 7.39. The number of rotatable bonds is 3. The maximum Gasteiger partial charge on any atom is 0.252 e. The maximum absolute atomic E-state index is 12.0. The van der Waals surface area contributed by atoms with Crippen LogP contribution in [0.4, 0.5) is 0 Å². The number of hydrogen-bond acceptors (Lipinski definition) is 2. The molecule has 1 aromatic carbocycles. The summed E-state index contributed by atoms with van der Waals surface area (Å²) in [5, 5.41) is 2.91. The van der Waals surface area contributed by atoms with Gasteiger partial charge >= 0.3 is 0 Å². The van der Waals surface area contributed by atoms with Crippen LogP contribution < -0.4 is 5.32 Å². The number of amides is 1. The minimum Gasteiger partial charge on any atom is -0.347 e. The van der Waals surface area contributed by atoms with Gasteiger partial charge in [0.25, 0.3) is 5.91 Å². The molecule has 0 aliphatic rings. The molecule has 1 heterocycles. The molecule has 4 nitrogen and oxygen atoms in total. The zero-order valence-electron chi connectivity index (χ0n) is 9.90. The van der Waals surface area contributed by atoms with Crippen LogP contribution in [0.25, 0.3) is 0 Å². The van der Waals surface area contributed by atoms with Crippen LogP contribution in [0.5, 0.6) is 0 Å². The van der Waals surface area contributed by atoms with Crippen molar-refractivity contribution in [3.63, 3.8) is 0 Å². The highest BCUT2D eigenvalue weighted by atomic mass is 16.1. The van der Waals surface area contributed by atoms with E-state index in [2.05, 4.69) is 15.3 Å². The Hall–Kier alpha value is -2.10. The average molecular weight is 229 g/mol. The van der Waals surface area contributed by atoms with E-state index in [4.69, 9.17) is 0 Å². The Balaban J connectivity index is 2.10. The summed E-state index contributed by atoms with van der Waals surface area (Å²) in [7, 11) is 0. The molecule has 2 N–H and O–H groups in total. The van der Waals surface area contributed by atoms with Crippen LogP contribution in [0, 0.1) is 6.92 Å². The third-order valence-electron chi connectivity index (χ3n) is 2.67. The van der Waals surface area contributed by atoms with Crippen molar-refractivity contribution in [3.8, 4) is 0 Å². The fraction of sp³-hybridized carbons (Fsp3) is 0.231. The summed E-state index contributed by atoms with van der Waals surface area (Å²) in [6.45, 7) is 3.82. The van der Waals surface area contributed by atoms with Gasteiger partial charge in [-0.3, -0.25) is 4.79 Å². The molecule has 0 radical (unpaired) electrons. The SMILES string of the molecule is Cc1ccccc1C(=O)NC(C)c1ncc[nH]1. The molecule has 1 amide bonds. The van der Waals surface area contributed by atoms with Crippen LogP contribution in [0.15, 0.2) is 36.7 Å². The van der Waals surface area contributed by atoms with E-state index in [1.807, 2.05) is 38.1 Å². The Bertz CT molecular complexity index is 505. The first kappa shape index (κ1) is 11.4. The molecule has 2 rings (SSSR count). The van der Waals surface area contributed by atoms with E-state index in [1.54, 1.807) is 12.4 Å². The van der Waals surface area contributed by atoms with E-state index in [0.29, 0.717) is 5.56 Å². The smallest absolute Gasteiger partial charge is 0.252 e. The van der Waals surface area contributed by atoms with Crippen LogP contribution in [-0.2, 0) is 0 Å². The molecule has 88 valence electrons. The van der Waals surface area contributed by atoms with Gasteiger partial charge < -0.3 is 10.3 Å². The lowest BCUT2D eigenvalue weighted by Crippen LogP contribution is -2.27. The number of aromatic nitrogens is 2. The van der Waals surface area contributed by atoms with Gasteiger partial charge in [-0.2, -0.15) is 0 Å². The van der Waals surface area contributed by atoms with Gasteiger partial charge in [-0.25, -0.2) is 4.98 Å². The number of nitrogens with zero attached hydrogens (tertiary/aromatic N) is 1. The molecule has 0 bridgehead atoms. The fourth-order valence-corrected chi connectivity index (χ4v) is 1.68. The predicted octanol–water partition coefficient (Wildman–Crippen LogP) is 2.21. The molecule has 0 saturated heterocycles. The van der Waals surface area contributed by atoms with Crippen molar-refractivity contribution in [3.05, 3.63) is 53.6 Å². The van der Waals surface area contributed by atoms with Crippen LogP contribution in [0.3, 0.4) is 0 Å². The summed E-state index contributed by atoms with van der Waals surface area (Å²) in [6.07, 6.45) is 3.41. The first-order valence-electron chi connectivity index (χ1n) is 5.54. The molecule has 1 unspecified atom stereocenters. The van der Waals surface area contributed by atoms with E-state index in [9.17, 15) is 4.79 Å². The van der Waals surface area contributed by atoms with Crippen molar-refractivity contribution in [1.82, 2.24) is 15.3 Å². The van der Waals surface area contributed by atoms with Gasteiger partial charge in [0.05, 0.1) is 6.04 Å². The van der Waals surface area contributed by atoms with Crippen molar-refractivity contribution < 1.29 is 4.79 Å². The van der Waals surface area contributed by atoms with Crippen molar-refractivity contribution in [2.24, 2.45) is 0 Å². The van der Waals surface area contributed by atoms with Crippen molar-refractivity contribution >= 4 is 5.91 Å². The molecular weight excluding hydrogens is 214 g/mol. The number of aryl methyl sites for hydroxylation is 1. The molecule has 0 spiro atoms. The minimum atomic E-state index is -0.128. The molecule has 1 atom stereocenters. The van der Waals surface area contributed by atoms with Gasteiger partial charge in [0, 0.05) is 18.0 Å². The molecule has 0 saturated carbocycles. The lowest BCUT2D eigenvalue weighted by atomic mass is 10.1. The first-order valence-corrected chi connectivity index (χ1v) is 5.54. The van der Waals surface area contributed by atoms with E-state index in [0.717, 1.165) is 11.4 Å². The third-order valence-corrected chi connectivity index (χ3v) is 2.67. The van der Waals surface area contributed by atoms with Gasteiger partial charge in [-0.15, -0.1) is 0 Å². The number of H-pyrrole nitrogens is 1. The number of nitrogens with one attached hydrogen (secondary N) is 2. The summed E-state index contributed by atoms with van der Waals surface area (Å²) in [5.74, 6) is 0.680. The van der Waals surface area contributed by atoms with E-state index >= 15 is 0 Å². The second-order valence-corrected chi connectivity index (χ2v) is 3.98. The standard InChI is InChI=1S/C13H15N3O/c1-9-5-3-4-6-11(9)13(17)16-10(2)12-14-7-8-15-12/h3-8,10H,1-2H3,(H,14,15)(H,16,17). The quantitative estimate of drug-likeness (QED) is 0.847. The zero-order valence-corrected chi connectivity index (χ0v) is 9.90. The molecule has 2 aromatic rings. The number of carbonyl (C=O) groups is 1. The molecule has 4 heteroatoms. The highest BCUT2D eigenvalue weighted by molar-refractivity contribution is 5.95. The van der Waals surface area contributed by atoms with E-state index in [1.165, 1.54) is 0 Å². The third kappa shape index (κ3) is 2.53. The topological polar surface area (TPSA) is 57.8 Å². The minimum absolute atomic E-state index is 0.0769. The highest BCUT2D eigenvalue weighted by Crippen LogP contribution is 2.10. The predicted molar refractivity (Wildman–Crippen MR) is 65.6 cm³/mol.